The number of benzene rings is 2. The highest BCUT2D eigenvalue weighted by Crippen LogP contribution is 2.24. The minimum atomic E-state index is -0.546. The third kappa shape index (κ3) is 5.07. The van der Waals surface area contributed by atoms with E-state index >= 15 is 0 Å². The standard InChI is InChI=1S/C21H25N3O4/c1-28-18-7-8-20(24(26)27)19(13-18)21(25)22-14-17-10-12-23(15-17)11-9-16-5-3-2-4-6-16/h2-8,13,17H,9-12,14-15H2,1H3,(H,22,25). The van der Waals surface area contributed by atoms with Crippen molar-refractivity contribution < 1.29 is 14.5 Å². The Morgan fingerprint density at radius 1 is 1.29 bits per heavy atom. The van der Waals surface area contributed by atoms with Gasteiger partial charge in [-0.15, -0.1) is 0 Å². The molecule has 0 radical (unpaired) electrons. The molecule has 1 aliphatic rings. The van der Waals surface area contributed by atoms with Gasteiger partial charge in [0.2, 0.25) is 0 Å². The van der Waals surface area contributed by atoms with E-state index in [-0.39, 0.29) is 11.3 Å². The number of amides is 1. The number of carbonyl (C=O) groups is 1. The van der Waals surface area contributed by atoms with Crippen molar-refractivity contribution in [1.29, 1.82) is 0 Å². The number of hydrogen-bond donors (Lipinski definition) is 1. The van der Waals surface area contributed by atoms with E-state index in [1.807, 2.05) is 6.07 Å². The van der Waals surface area contributed by atoms with E-state index in [1.54, 1.807) is 0 Å². The predicted molar refractivity (Wildman–Crippen MR) is 107 cm³/mol. The van der Waals surface area contributed by atoms with Crippen molar-refractivity contribution in [3.63, 3.8) is 0 Å². The smallest absolute Gasteiger partial charge is 0.282 e. The summed E-state index contributed by atoms with van der Waals surface area (Å²) in [4.78, 5) is 25.6. The van der Waals surface area contributed by atoms with Gasteiger partial charge in [-0.25, -0.2) is 0 Å². The van der Waals surface area contributed by atoms with E-state index in [1.165, 1.54) is 30.9 Å². The number of hydrogen-bond acceptors (Lipinski definition) is 5. The van der Waals surface area contributed by atoms with Crippen LogP contribution in [-0.2, 0) is 6.42 Å². The molecule has 148 valence electrons. The lowest BCUT2D eigenvalue weighted by atomic mass is 10.1. The van der Waals surface area contributed by atoms with Gasteiger partial charge < -0.3 is 15.0 Å². The van der Waals surface area contributed by atoms with Gasteiger partial charge in [-0.3, -0.25) is 14.9 Å². The summed E-state index contributed by atoms with van der Waals surface area (Å²) in [6.45, 7) is 3.44. The van der Waals surface area contributed by atoms with Crippen molar-refractivity contribution in [3.05, 3.63) is 69.8 Å². The topological polar surface area (TPSA) is 84.7 Å². The largest absolute Gasteiger partial charge is 0.497 e. The van der Waals surface area contributed by atoms with E-state index < -0.39 is 10.8 Å². The molecule has 1 amide bonds. The Kier molecular flexibility index (Phi) is 6.60. The van der Waals surface area contributed by atoms with Crippen molar-refractivity contribution in [3.8, 4) is 5.75 Å². The molecule has 0 aromatic heterocycles. The first kappa shape index (κ1) is 19.8. The van der Waals surface area contributed by atoms with E-state index in [9.17, 15) is 14.9 Å². The van der Waals surface area contributed by atoms with Crippen LogP contribution in [-0.4, -0.2) is 49.0 Å². The monoisotopic (exact) mass is 383 g/mol. The van der Waals surface area contributed by atoms with E-state index in [4.69, 9.17) is 4.74 Å². The Balaban J connectivity index is 1.51. The van der Waals surface area contributed by atoms with E-state index in [0.717, 1.165) is 32.5 Å². The molecule has 1 fully saturated rings. The minimum Gasteiger partial charge on any atom is -0.497 e. The van der Waals surface area contributed by atoms with Gasteiger partial charge in [-0.05, 0) is 43.0 Å². The zero-order chi connectivity index (χ0) is 19.9. The van der Waals surface area contributed by atoms with Crippen LogP contribution >= 0.6 is 0 Å². The van der Waals surface area contributed by atoms with Gasteiger partial charge in [-0.1, -0.05) is 30.3 Å². The van der Waals surface area contributed by atoms with Gasteiger partial charge in [-0.2, -0.15) is 0 Å². The maximum absolute atomic E-state index is 12.5. The fourth-order valence-corrected chi connectivity index (χ4v) is 3.53. The van der Waals surface area contributed by atoms with Crippen LogP contribution in [0.15, 0.2) is 48.5 Å². The van der Waals surface area contributed by atoms with Crippen LogP contribution in [0.5, 0.6) is 5.75 Å². The zero-order valence-corrected chi connectivity index (χ0v) is 16.0. The summed E-state index contributed by atoms with van der Waals surface area (Å²) in [7, 11) is 1.46. The summed E-state index contributed by atoms with van der Waals surface area (Å²) in [5, 5.41) is 14.1. The summed E-state index contributed by atoms with van der Waals surface area (Å²) in [6.07, 6.45) is 2.02. The quantitative estimate of drug-likeness (QED) is 0.560. The average Bonchev–Trinajstić information content (AvgIpc) is 3.18. The molecule has 2 aromatic carbocycles. The molecule has 2 aromatic rings. The number of carbonyl (C=O) groups excluding carboxylic acids is 1. The summed E-state index contributed by atoms with van der Waals surface area (Å²) < 4.78 is 5.09. The predicted octanol–water partition coefficient (Wildman–Crippen LogP) is 2.90. The van der Waals surface area contributed by atoms with Crippen molar-refractivity contribution >= 4 is 11.6 Å². The van der Waals surface area contributed by atoms with Crippen molar-refractivity contribution in [2.75, 3.05) is 33.3 Å². The Labute approximate surface area is 164 Å². The minimum absolute atomic E-state index is 0.0308. The van der Waals surface area contributed by atoms with Crippen LogP contribution in [0.4, 0.5) is 5.69 Å². The number of methoxy groups -OCH3 is 1. The lowest BCUT2D eigenvalue weighted by Gasteiger charge is -2.16. The molecule has 1 aliphatic heterocycles. The second-order valence-electron chi connectivity index (χ2n) is 7.04. The number of likely N-dealkylation sites (tertiary alicyclic amines) is 1. The SMILES string of the molecule is COc1ccc([N+](=O)[O-])c(C(=O)NCC2CCN(CCc3ccccc3)C2)c1. The first-order valence-corrected chi connectivity index (χ1v) is 9.43. The lowest BCUT2D eigenvalue weighted by Crippen LogP contribution is -2.31. The molecule has 1 saturated heterocycles. The molecule has 0 aliphatic carbocycles. The second kappa shape index (κ2) is 9.32. The van der Waals surface area contributed by atoms with Crippen molar-refractivity contribution in [2.45, 2.75) is 12.8 Å². The zero-order valence-electron chi connectivity index (χ0n) is 16.0. The second-order valence-corrected chi connectivity index (χ2v) is 7.04. The molecular formula is C21H25N3O4. The molecule has 1 heterocycles. The molecule has 0 saturated carbocycles. The number of nitrogens with zero attached hydrogens (tertiary/aromatic N) is 2. The molecule has 28 heavy (non-hydrogen) atoms. The Hall–Kier alpha value is -2.93. The summed E-state index contributed by atoms with van der Waals surface area (Å²) in [5.41, 5.74) is 1.14. The summed E-state index contributed by atoms with van der Waals surface area (Å²) in [6, 6.07) is 14.6. The van der Waals surface area contributed by atoms with Crippen LogP contribution < -0.4 is 10.1 Å². The molecule has 0 spiro atoms. The van der Waals surface area contributed by atoms with Gasteiger partial charge in [0, 0.05) is 25.7 Å². The highest BCUT2D eigenvalue weighted by molar-refractivity contribution is 5.98. The summed E-state index contributed by atoms with van der Waals surface area (Å²) in [5.74, 6) is 0.335. The first-order valence-electron chi connectivity index (χ1n) is 9.43. The van der Waals surface area contributed by atoms with Gasteiger partial charge >= 0.3 is 0 Å². The Bertz CT molecular complexity index is 826. The maximum atomic E-state index is 12.5. The highest BCUT2D eigenvalue weighted by atomic mass is 16.6. The molecule has 1 unspecified atom stereocenters. The molecule has 1 N–H and O–H groups in total. The van der Waals surface area contributed by atoms with E-state index in [0.29, 0.717) is 18.2 Å². The number of ether oxygens (including phenoxy) is 1. The number of nitro groups is 1. The first-order chi connectivity index (χ1) is 13.6. The summed E-state index contributed by atoms with van der Waals surface area (Å²) >= 11 is 0. The van der Waals surface area contributed by atoms with Crippen LogP contribution in [0.2, 0.25) is 0 Å². The van der Waals surface area contributed by atoms with Crippen LogP contribution in [0.3, 0.4) is 0 Å². The molecule has 0 bridgehead atoms. The molecule has 3 rings (SSSR count). The number of nitro benzene ring substituents is 1. The third-order valence-electron chi connectivity index (χ3n) is 5.13. The maximum Gasteiger partial charge on any atom is 0.282 e. The van der Waals surface area contributed by atoms with Crippen molar-refractivity contribution in [1.82, 2.24) is 10.2 Å². The van der Waals surface area contributed by atoms with Crippen LogP contribution in [0, 0.1) is 16.0 Å². The Morgan fingerprint density at radius 2 is 2.07 bits per heavy atom. The van der Waals surface area contributed by atoms with Gasteiger partial charge in [0.25, 0.3) is 11.6 Å². The van der Waals surface area contributed by atoms with Crippen LogP contribution in [0.25, 0.3) is 0 Å². The van der Waals surface area contributed by atoms with Gasteiger partial charge in [0.05, 0.1) is 12.0 Å². The number of rotatable bonds is 8. The fraction of sp³-hybridized carbons (Fsp3) is 0.381. The highest BCUT2D eigenvalue weighted by Gasteiger charge is 2.25. The fourth-order valence-electron chi connectivity index (χ4n) is 3.53. The molecule has 1 atom stereocenters. The molecule has 7 heteroatoms. The van der Waals surface area contributed by atoms with Gasteiger partial charge in [0.1, 0.15) is 11.3 Å². The van der Waals surface area contributed by atoms with Crippen molar-refractivity contribution in [2.24, 2.45) is 5.92 Å². The Morgan fingerprint density at radius 3 is 2.79 bits per heavy atom. The number of nitrogens with one attached hydrogen (secondary N) is 1. The molecule has 7 nitrogen and oxygen atoms in total. The average molecular weight is 383 g/mol. The van der Waals surface area contributed by atoms with Crippen LogP contribution in [0.1, 0.15) is 22.3 Å². The molecular weight excluding hydrogens is 358 g/mol. The lowest BCUT2D eigenvalue weighted by molar-refractivity contribution is -0.385. The van der Waals surface area contributed by atoms with Gasteiger partial charge in [0.15, 0.2) is 0 Å². The normalized spacial score (nSPS) is 16.7. The third-order valence-corrected chi connectivity index (χ3v) is 5.13. The van der Waals surface area contributed by atoms with E-state index in [2.05, 4.69) is 34.5 Å².